The maximum absolute atomic E-state index is 13.7. The highest BCUT2D eigenvalue weighted by Gasteiger charge is 2.07. The quantitative estimate of drug-likeness (QED) is 0.634. The molecule has 0 fully saturated rings. The van der Waals surface area contributed by atoms with E-state index in [9.17, 15) is 4.39 Å². The standard InChI is InChI=1S/C13H8BrCl2FO/c14-7-8-1-2-13(12(17)3-8)18-11-5-9(15)4-10(16)6-11/h1-6H,7H2. The summed E-state index contributed by atoms with van der Waals surface area (Å²) in [5, 5.41) is 1.47. The van der Waals surface area contributed by atoms with Crippen LogP contribution in [0.25, 0.3) is 0 Å². The monoisotopic (exact) mass is 348 g/mol. The van der Waals surface area contributed by atoms with Crippen LogP contribution in [-0.2, 0) is 5.33 Å². The Morgan fingerprint density at radius 1 is 1.06 bits per heavy atom. The third kappa shape index (κ3) is 3.37. The van der Waals surface area contributed by atoms with Gasteiger partial charge in [0.1, 0.15) is 5.75 Å². The number of hydrogen-bond acceptors (Lipinski definition) is 1. The topological polar surface area (TPSA) is 9.23 Å². The third-order valence-corrected chi connectivity index (χ3v) is 3.30. The van der Waals surface area contributed by atoms with Gasteiger partial charge >= 0.3 is 0 Å². The van der Waals surface area contributed by atoms with E-state index in [-0.39, 0.29) is 5.75 Å². The zero-order valence-electron chi connectivity index (χ0n) is 9.09. The molecular weight excluding hydrogens is 342 g/mol. The third-order valence-electron chi connectivity index (χ3n) is 2.21. The van der Waals surface area contributed by atoms with Gasteiger partial charge in [0.2, 0.25) is 0 Å². The highest BCUT2D eigenvalue weighted by molar-refractivity contribution is 9.08. The Hall–Kier alpha value is -0.770. The number of ether oxygens (including phenoxy) is 1. The molecule has 0 aliphatic rings. The Morgan fingerprint density at radius 2 is 1.72 bits per heavy atom. The molecule has 0 radical (unpaired) electrons. The predicted octanol–water partition coefficient (Wildman–Crippen LogP) is 5.82. The molecule has 0 saturated heterocycles. The van der Waals surface area contributed by atoms with Crippen molar-refractivity contribution in [3.8, 4) is 11.5 Å². The molecule has 94 valence electrons. The molecule has 5 heteroatoms. The lowest BCUT2D eigenvalue weighted by Crippen LogP contribution is -1.90. The van der Waals surface area contributed by atoms with Crippen LogP contribution < -0.4 is 4.74 Å². The first-order valence-corrected chi connectivity index (χ1v) is 6.94. The van der Waals surface area contributed by atoms with E-state index < -0.39 is 5.82 Å². The Morgan fingerprint density at radius 3 is 2.28 bits per heavy atom. The lowest BCUT2D eigenvalue weighted by Gasteiger charge is -2.08. The minimum atomic E-state index is -0.428. The fourth-order valence-corrected chi connectivity index (χ4v) is 2.28. The van der Waals surface area contributed by atoms with E-state index in [0.717, 1.165) is 5.56 Å². The second-order valence-electron chi connectivity index (χ2n) is 3.61. The van der Waals surface area contributed by atoms with Gasteiger partial charge in [-0.25, -0.2) is 4.39 Å². The van der Waals surface area contributed by atoms with Gasteiger partial charge in [-0.1, -0.05) is 45.2 Å². The van der Waals surface area contributed by atoms with Gasteiger partial charge in [0.05, 0.1) is 0 Å². The second kappa shape index (κ2) is 5.91. The molecule has 0 bridgehead atoms. The van der Waals surface area contributed by atoms with E-state index in [4.69, 9.17) is 27.9 Å². The summed E-state index contributed by atoms with van der Waals surface area (Å²) in [6.07, 6.45) is 0. The average molecular weight is 350 g/mol. The van der Waals surface area contributed by atoms with Gasteiger partial charge in [0, 0.05) is 15.4 Å². The predicted molar refractivity (Wildman–Crippen MR) is 75.6 cm³/mol. The lowest BCUT2D eigenvalue weighted by atomic mass is 10.2. The molecule has 0 unspecified atom stereocenters. The van der Waals surface area contributed by atoms with Crippen molar-refractivity contribution in [3.05, 3.63) is 57.8 Å². The molecule has 0 saturated carbocycles. The SMILES string of the molecule is Fc1cc(CBr)ccc1Oc1cc(Cl)cc(Cl)c1. The summed E-state index contributed by atoms with van der Waals surface area (Å²) >= 11 is 14.9. The molecule has 0 amide bonds. The van der Waals surface area contributed by atoms with Crippen LogP contribution in [0.15, 0.2) is 36.4 Å². The molecule has 0 spiro atoms. The van der Waals surface area contributed by atoms with Crippen LogP contribution in [0, 0.1) is 5.82 Å². The van der Waals surface area contributed by atoms with Crippen molar-refractivity contribution in [2.75, 3.05) is 0 Å². The number of hydrogen-bond donors (Lipinski definition) is 0. The lowest BCUT2D eigenvalue weighted by molar-refractivity contribution is 0.442. The van der Waals surface area contributed by atoms with Crippen molar-refractivity contribution in [2.45, 2.75) is 5.33 Å². The Balaban J connectivity index is 2.28. The highest BCUT2D eigenvalue weighted by atomic mass is 79.9. The highest BCUT2D eigenvalue weighted by Crippen LogP contribution is 2.30. The minimum absolute atomic E-state index is 0.137. The van der Waals surface area contributed by atoms with E-state index >= 15 is 0 Å². The fraction of sp³-hybridized carbons (Fsp3) is 0.0769. The van der Waals surface area contributed by atoms with Gasteiger partial charge in [-0.2, -0.15) is 0 Å². The maximum Gasteiger partial charge on any atom is 0.166 e. The molecule has 0 atom stereocenters. The molecule has 2 aromatic rings. The first-order valence-electron chi connectivity index (χ1n) is 5.07. The molecule has 18 heavy (non-hydrogen) atoms. The van der Waals surface area contributed by atoms with Crippen LogP contribution >= 0.6 is 39.1 Å². The average Bonchev–Trinajstić information content (AvgIpc) is 2.30. The summed E-state index contributed by atoms with van der Waals surface area (Å²) < 4.78 is 19.1. The number of alkyl halides is 1. The fourth-order valence-electron chi connectivity index (χ4n) is 1.42. The van der Waals surface area contributed by atoms with E-state index in [2.05, 4.69) is 15.9 Å². The van der Waals surface area contributed by atoms with E-state index in [0.29, 0.717) is 21.1 Å². The van der Waals surface area contributed by atoms with Gasteiger partial charge in [0.25, 0.3) is 0 Å². The summed E-state index contributed by atoms with van der Waals surface area (Å²) in [5.74, 6) is 0.110. The summed E-state index contributed by atoms with van der Waals surface area (Å²) in [6.45, 7) is 0. The van der Waals surface area contributed by atoms with Crippen molar-refractivity contribution >= 4 is 39.1 Å². The molecule has 0 heterocycles. The first kappa shape index (κ1) is 13.7. The largest absolute Gasteiger partial charge is 0.454 e. The number of halogens is 4. The molecule has 2 rings (SSSR count). The molecule has 0 aliphatic heterocycles. The normalized spacial score (nSPS) is 10.4. The summed E-state index contributed by atoms with van der Waals surface area (Å²) in [6, 6.07) is 9.49. The van der Waals surface area contributed by atoms with Gasteiger partial charge in [-0.3, -0.25) is 0 Å². The summed E-state index contributed by atoms with van der Waals surface area (Å²) in [4.78, 5) is 0. The molecular formula is C13H8BrCl2FO. The van der Waals surface area contributed by atoms with Crippen molar-refractivity contribution in [3.63, 3.8) is 0 Å². The minimum Gasteiger partial charge on any atom is -0.454 e. The molecule has 0 N–H and O–H groups in total. The van der Waals surface area contributed by atoms with Crippen LogP contribution in [-0.4, -0.2) is 0 Å². The van der Waals surface area contributed by atoms with Crippen molar-refractivity contribution in [2.24, 2.45) is 0 Å². The first-order chi connectivity index (χ1) is 8.58. The van der Waals surface area contributed by atoms with Crippen molar-refractivity contribution < 1.29 is 9.13 Å². The van der Waals surface area contributed by atoms with Crippen molar-refractivity contribution in [1.82, 2.24) is 0 Å². The van der Waals surface area contributed by atoms with Gasteiger partial charge in [0.15, 0.2) is 11.6 Å². The van der Waals surface area contributed by atoms with E-state index in [1.165, 1.54) is 6.07 Å². The molecule has 1 nitrogen and oxygen atoms in total. The number of benzene rings is 2. The van der Waals surface area contributed by atoms with Gasteiger partial charge in [-0.15, -0.1) is 0 Å². The smallest absolute Gasteiger partial charge is 0.166 e. The Kier molecular flexibility index (Phi) is 4.49. The Bertz CT molecular complexity index is 555. The summed E-state index contributed by atoms with van der Waals surface area (Å²) in [5.41, 5.74) is 0.837. The van der Waals surface area contributed by atoms with E-state index in [1.54, 1.807) is 30.3 Å². The van der Waals surface area contributed by atoms with Crippen LogP contribution in [0.1, 0.15) is 5.56 Å². The van der Waals surface area contributed by atoms with Crippen LogP contribution in [0.2, 0.25) is 10.0 Å². The van der Waals surface area contributed by atoms with Gasteiger partial charge in [-0.05, 0) is 35.9 Å². The van der Waals surface area contributed by atoms with Gasteiger partial charge < -0.3 is 4.74 Å². The van der Waals surface area contributed by atoms with Crippen LogP contribution in [0.5, 0.6) is 11.5 Å². The van der Waals surface area contributed by atoms with E-state index in [1.807, 2.05) is 0 Å². The maximum atomic E-state index is 13.7. The zero-order chi connectivity index (χ0) is 13.1. The zero-order valence-corrected chi connectivity index (χ0v) is 12.2. The molecule has 0 aromatic heterocycles. The number of rotatable bonds is 3. The van der Waals surface area contributed by atoms with Crippen LogP contribution in [0.4, 0.5) is 4.39 Å². The summed E-state index contributed by atoms with van der Waals surface area (Å²) in [7, 11) is 0. The van der Waals surface area contributed by atoms with Crippen molar-refractivity contribution in [1.29, 1.82) is 0 Å². The van der Waals surface area contributed by atoms with Crippen LogP contribution in [0.3, 0.4) is 0 Å². The second-order valence-corrected chi connectivity index (χ2v) is 5.04. The molecule has 2 aromatic carbocycles. The molecule has 0 aliphatic carbocycles. The Labute approximate surface area is 123 Å².